The summed E-state index contributed by atoms with van der Waals surface area (Å²) in [7, 11) is 0. The highest BCUT2D eigenvalue weighted by molar-refractivity contribution is 6.07. The molecule has 4 nitrogen and oxygen atoms in total. The van der Waals surface area contributed by atoms with Crippen LogP contribution in [0, 0.1) is 0 Å². The first-order valence-corrected chi connectivity index (χ1v) is 8.08. The SMILES string of the molecule is CCC1(c2ccccc2)NC(=O)N(C/C=C/c2ccccc2)C1=O. The Morgan fingerprint density at radius 3 is 2.25 bits per heavy atom. The van der Waals surface area contributed by atoms with E-state index in [9.17, 15) is 9.59 Å². The van der Waals surface area contributed by atoms with Crippen LogP contribution < -0.4 is 5.32 Å². The Balaban J connectivity index is 1.80. The molecule has 0 spiro atoms. The van der Waals surface area contributed by atoms with Crippen molar-refractivity contribution in [1.29, 1.82) is 0 Å². The summed E-state index contributed by atoms with van der Waals surface area (Å²) in [4.78, 5) is 26.5. The van der Waals surface area contributed by atoms with Crippen LogP contribution in [0.5, 0.6) is 0 Å². The van der Waals surface area contributed by atoms with E-state index in [2.05, 4.69) is 5.32 Å². The number of urea groups is 1. The van der Waals surface area contributed by atoms with Gasteiger partial charge in [0.05, 0.1) is 0 Å². The molecule has 3 amide bonds. The van der Waals surface area contributed by atoms with Gasteiger partial charge in [0.2, 0.25) is 0 Å². The summed E-state index contributed by atoms with van der Waals surface area (Å²) in [6.07, 6.45) is 4.26. The molecular weight excluding hydrogens is 300 g/mol. The average Bonchev–Trinajstić information content (AvgIpc) is 2.88. The molecule has 2 aromatic carbocycles. The minimum absolute atomic E-state index is 0.195. The zero-order valence-electron chi connectivity index (χ0n) is 13.6. The molecule has 0 aliphatic carbocycles. The smallest absolute Gasteiger partial charge is 0.319 e. The van der Waals surface area contributed by atoms with Crippen molar-refractivity contribution in [2.75, 3.05) is 6.54 Å². The van der Waals surface area contributed by atoms with E-state index in [0.717, 1.165) is 11.1 Å². The molecule has 4 heteroatoms. The first-order valence-electron chi connectivity index (χ1n) is 8.08. The maximum atomic E-state index is 12.9. The van der Waals surface area contributed by atoms with Crippen LogP contribution in [0.2, 0.25) is 0 Å². The zero-order chi connectivity index (χ0) is 17.0. The van der Waals surface area contributed by atoms with Crippen molar-refractivity contribution in [2.45, 2.75) is 18.9 Å². The lowest BCUT2D eigenvalue weighted by Gasteiger charge is -2.25. The number of carbonyl (C=O) groups excluding carboxylic acids is 2. The maximum absolute atomic E-state index is 12.9. The highest BCUT2D eigenvalue weighted by Gasteiger charge is 2.50. The van der Waals surface area contributed by atoms with Crippen LogP contribution in [-0.4, -0.2) is 23.4 Å². The van der Waals surface area contributed by atoms with E-state index < -0.39 is 5.54 Å². The predicted molar refractivity (Wildman–Crippen MR) is 94.1 cm³/mol. The van der Waals surface area contributed by atoms with Gasteiger partial charge in [0.15, 0.2) is 0 Å². The third-order valence-electron chi connectivity index (χ3n) is 4.37. The molecule has 0 saturated carbocycles. The Bertz CT molecular complexity index is 756. The van der Waals surface area contributed by atoms with Gasteiger partial charge in [0.1, 0.15) is 5.54 Å². The van der Waals surface area contributed by atoms with Gasteiger partial charge in [-0.1, -0.05) is 79.7 Å². The number of nitrogens with one attached hydrogen (secondary N) is 1. The summed E-state index contributed by atoms with van der Waals surface area (Å²) < 4.78 is 0. The van der Waals surface area contributed by atoms with Crippen molar-refractivity contribution >= 4 is 18.0 Å². The Morgan fingerprint density at radius 1 is 1.00 bits per heavy atom. The van der Waals surface area contributed by atoms with Crippen LogP contribution in [0.1, 0.15) is 24.5 Å². The van der Waals surface area contributed by atoms with Gasteiger partial charge in [0.25, 0.3) is 5.91 Å². The number of imide groups is 1. The van der Waals surface area contributed by atoms with E-state index in [0.29, 0.717) is 6.42 Å². The van der Waals surface area contributed by atoms with E-state index in [4.69, 9.17) is 0 Å². The molecule has 1 heterocycles. The molecule has 1 atom stereocenters. The summed E-state index contributed by atoms with van der Waals surface area (Å²) in [5.41, 5.74) is 0.897. The van der Waals surface area contributed by atoms with Gasteiger partial charge < -0.3 is 5.32 Å². The second-order valence-corrected chi connectivity index (χ2v) is 5.78. The molecule has 0 aromatic heterocycles. The van der Waals surface area contributed by atoms with Crippen molar-refractivity contribution < 1.29 is 9.59 Å². The fourth-order valence-electron chi connectivity index (χ4n) is 3.01. The topological polar surface area (TPSA) is 49.4 Å². The minimum atomic E-state index is -0.959. The van der Waals surface area contributed by atoms with Crippen molar-refractivity contribution in [3.8, 4) is 0 Å². The first-order chi connectivity index (χ1) is 11.7. The van der Waals surface area contributed by atoms with Gasteiger partial charge >= 0.3 is 6.03 Å². The fraction of sp³-hybridized carbons (Fsp3) is 0.200. The molecule has 1 aliphatic rings. The number of nitrogens with zero attached hydrogens (tertiary/aromatic N) is 1. The van der Waals surface area contributed by atoms with Crippen molar-refractivity contribution in [2.24, 2.45) is 0 Å². The number of hydrogen-bond donors (Lipinski definition) is 1. The van der Waals surface area contributed by atoms with Crippen molar-refractivity contribution in [3.63, 3.8) is 0 Å². The van der Waals surface area contributed by atoms with E-state index >= 15 is 0 Å². The minimum Gasteiger partial charge on any atom is -0.319 e. The zero-order valence-corrected chi connectivity index (χ0v) is 13.6. The lowest BCUT2D eigenvalue weighted by molar-refractivity contribution is -0.131. The molecule has 0 radical (unpaired) electrons. The quantitative estimate of drug-likeness (QED) is 0.856. The third-order valence-corrected chi connectivity index (χ3v) is 4.37. The summed E-state index contributed by atoms with van der Waals surface area (Å²) in [5, 5.41) is 2.89. The standard InChI is InChI=1S/C20H20N2O2/c1-2-20(17-13-7-4-8-14-17)18(23)22(19(24)21-20)15-9-12-16-10-5-3-6-11-16/h3-14H,2,15H2,1H3,(H,21,24)/b12-9+. The van der Waals surface area contributed by atoms with Crippen LogP contribution in [0.15, 0.2) is 66.7 Å². The monoisotopic (exact) mass is 320 g/mol. The average molecular weight is 320 g/mol. The first kappa shape index (κ1) is 16.0. The maximum Gasteiger partial charge on any atom is 0.325 e. The number of rotatable bonds is 5. The molecule has 2 aromatic rings. The van der Waals surface area contributed by atoms with Crippen LogP contribution in [0.25, 0.3) is 6.08 Å². The van der Waals surface area contributed by atoms with Gasteiger partial charge in [-0.25, -0.2) is 4.79 Å². The van der Waals surface area contributed by atoms with Gasteiger partial charge in [-0.05, 0) is 17.5 Å². The molecule has 3 rings (SSSR count). The number of amides is 3. The lowest BCUT2D eigenvalue weighted by atomic mass is 9.87. The van der Waals surface area contributed by atoms with E-state index in [-0.39, 0.29) is 18.5 Å². The lowest BCUT2D eigenvalue weighted by Crippen LogP contribution is -2.43. The number of carbonyl (C=O) groups is 2. The number of hydrogen-bond acceptors (Lipinski definition) is 2. The Labute approximate surface area is 141 Å². The van der Waals surface area contributed by atoms with Gasteiger partial charge in [-0.3, -0.25) is 9.69 Å². The molecule has 0 bridgehead atoms. The number of benzene rings is 2. The molecular formula is C20H20N2O2. The highest BCUT2D eigenvalue weighted by atomic mass is 16.2. The summed E-state index contributed by atoms with van der Waals surface area (Å²) >= 11 is 0. The summed E-state index contributed by atoms with van der Waals surface area (Å²) in [6.45, 7) is 2.17. The third kappa shape index (κ3) is 2.83. The Morgan fingerprint density at radius 2 is 1.62 bits per heavy atom. The van der Waals surface area contributed by atoms with Crippen LogP contribution >= 0.6 is 0 Å². The summed E-state index contributed by atoms with van der Waals surface area (Å²) in [5.74, 6) is -0.195. The van der Waals surface area contributed by atoms with Crippen molar-refractivity contribution in [3.05, 3.63) is 77.9 Å². The Hall–Kier alpha value is -2.88. The molecule has 1 fully saturated rings. The largest absolute Gasteiger partial charge is 0.325 e. The fourth-order valence-corrected chi connectivity index (χ4v) is 3.01. The van der Waals surface area contributed by atoms with E-state index in [1.165, 1.54) is 4.90 Å². The molecule has 1 unspecified atom stereocenters. The normalized spacial score (nSPS) is 20.6. The molecule has 1 N–H and O–H groups in total. The second-order valence-electron chi connectivity index (χ2n) is 5.78. The van der Waals surface area contributed by atoms with Gasteiger partial charge in [-0.15, -0.1) is 0 Å². The molecule has 1 saturated heterocycles. The highest BCUT2D eigenvalue weighted by Crippen LogP contribution is 2.32. The molecule has 122 valence electrons. The second kappa shape index (κ2) is 6.71. The molecule has 1 aliphatic heterocycles. The molecule has 24 heavy (non-hydrogen) atoms. The van der Waals surface area contributed by atoms with Crippen LogP contribution in [0.3, 0.4) is 0 Å². The van der Waals surface area contributed by atoms with Crippen molar-refractivity contribution in [1.82, 2.24) is 10.2 Å². The Kier molecular flexibility index (Phi) is 4.47. The van der Waals surface area contributed by atoms with Crippen LogP contribution in [0.4, 0.5) is 4.79 Å². The van der Waals surface area contributed by atoms with Gasteiger partial charge in [-0.2, -0.15) is 0 Å². The van der Waals surface area contributed by atoms with E-state index in [1.807, 2.05) is 79.7 Å². The van der Waals surface area contributed by atoms with E-state index in [1.54, 1.807) is 0 Å². The predicted octanol–water partition coefficient (Wildman–Crippen LogP) is 3.56. The summed E-state index contributed by atoms with van der Waals surface area (Å²) in [6, 6.07) is 18.9. The van der Waals surface area contributed by atoms with Crippen LogP contribution in [-0.2, 0) is 10.3 Å². The van der Waals surface area contributed by atoms with Gasteiger partial charge in [0, 0.05) is 6.54 Å².